The van der Waals surface area contributed by atoms with Crippen LogP contribution < -0.4 is 19.3 Å². The lowest BCUT2D eigenvalue weighted by molar-refractivity contribution is -0.150. The molecule has 0 aromatic heterocycles. The molecule has 3 aromatic rings. The minimum atomic E-state index is -4.08. The third kappa shape index (κ3) is 12.4. The van der Waals surface area contributed by atoms with Crippen molar-refractivity contribution in [1.82, 2.24) is 9.62 Å². The highest BCUT2D eigenvalue weighted by Gasteiger charge is 2.44. The number of fused-ring (bicyclic) bond motifs is 1. The Bertz CT molecular complexity index is 1930. The molecule has 0 spiro atoms. The molecule has 1 unspecified atom stereocenters. The maximum absolute atomic E-state index is 13.9. The summed E-state index contributed by atoms with van der Waals surface area (Å²) in [6, 6.07) is 19.8. The fraction of sp³-hybridized carbons (Fsp3) is 0.500. The zero-order valence-corrected chi connectivity index (χ0v) is 35.0. The Morgan fingerprint density at radius 3 is 2.29 bits per heavy atom. The number of methoxy groups -OCH3 is 1. The van der Waals surface area contributed by atoms with Gasteiger partial charge in [0.2, 0.25) is 16.4 Å². The van der Waals surface area contributed by atoms with Crippen molar-refractivity contribution < 1.29 is 65.1 Å². The van der Waals surface area contributed by atoms with Crippen LogP contribution in [0.2, 0.25) is 0 Å². The van der Waals surface area contributed by atoms with Crippen LogP contribution in [-0.2, 0) is 49.3 Å². The molecule has 2 fully saturated rings. The van der Waals surface area contributed by atoms with Gasteiger partial charge in [-0.3, -0.25) is 4.52 Å². The highest BCUT2D eigenvalue weighted by Crippen LogP contribution is 2.49. The lowest BCUT2D eigenvalue weighted by atomic mass is 10.0. The SMILES string of the molecule is CCOC(=O)[C@@H](C)OP(=O)(COc1ccc(C[C@H](NC(=O)O[C@H]2CO[C@H]3OCC[C@H]32)[C@H](O)CN(CC(C)C)S(=O)(=O)c2ccc(OC)cc2)cc1)Oc1ccccc1. The number of nitrogens with zero attached hydrogens (tertiary/aromatic N) is 1. The molecule has 0 bridgehead atoms. The number of aliphatic hydroxyl groups excluding tert-OH is 1. The smallest absolute Gasteiger partial charge is 0.417 e. The summed E-state index contributed by atoms with van der Waals surface area (Å²) in [4.78, 5) is 25.7. The first-order valence-electron chi connectivity index (χ1n) is 19.1. The van der Waals surface area contributed by atoms with Crippen molar-refractivity contribution in [1.29, 1.82) is 0 Å². The second-order valence-electron chi connectivity index (χ2n) is 14.3. The summed E-state index contributed by atoms with van der Waals surface area (Å²) in [5.74, 6) is 0.0863. The number of sulfonamides is 1. The number of benzene rings is 3. The Morgan fingerprint density at radius 2 is 1.64 bits per heavy atom. The molecule has 2 N–H and O–H groups in total. The van der Waals surface area contributed by atoms with Crippen LogP contribution in [-0.4, -0.2) is 107 Å². The zero-order valence-electron chi connectivity index (χ0n) is 33.3. The van der Waals surface area contributed by atoms with E-state index in [2.05, 4.69) is 5.32 Å². The fourth-order valence-corrected chi connectivity index (χ4v) is 9.55. The van der Waals surface area contributed by atoms with Crippen LogP contribution in [0, 0.1) is 11.8 Å². The summed E-state index contributed by atoms with van der Waals surface area (Å²) in [6.45, 7) is 7.29. The average molecular weight is 849 g/mol. The van der Waals surface area contributed by atoms with E-state index in [0.717, 1.165) is 0 Å². The van der Waals surface area contributed by atoms with E-state index in [9.17, 15) is 27.7 Å². The van der Waals surface area contributed by atoms with Gasteiger partial charge in [0.1, 0.15) is 23.4 Å². The Hall–Kier alpha value is -4.22. The minimum Gasteiger partial charge on any atom is -0.497 e. The van der Waals surface area contributed by atoms with Crippen molar-refractivity contribution >= 4 is 29.7 Å². The number of alkyl carbamates (subject to hydrolysis) is 1. The van der Waals surface area contributed by atoms with E-state index in [1.165, 1.54) is 30.5 Å². The van der Waals surface area contributed by atoms with Gasteiger partial charge in [-0.1, -0.05) is 44.2 Å². The lowest BCUT2D eigenvalue weighted by Crippen LogP contribution is -2.51. The summed E-state index contributed by atoms with van der Waals surface area (Å²) in [5, 5.41) is 14.5. The molecule has 5 rings (SSSR count). The first-order valence-corrected chi connectivity index (χ1v) is 22.3. The molecule has 18 heteroatoms. The largest absolute Gasteiger partial charge is 0.497 e. The van der Waals surface area contributed by atoms with Gasteiger partial charge in [-0.25, -0.2) is 22.6 Å². The van der Waals surface area contributed by atoms with Crippen molar-refractivity contribution in [2.45, 2.75) is 76.1 Å². The Labute approximate surface area is 339 Å². The summed E-state index contributed by atoms with van der Waals surface area (Å²) in [5.41, 5.74) is 0.634. The van der Waals surface area contributed by atoms with Gasteiger partial charge in [-0.2, -0.15) is 4.31 Å². The summed E-state index contributed by atoms with van der Waals surface area (Å²) in [6.07, 6.45) is -4.23. The van der Waals surface area contributed by atoms with E-state index in [4.69, 9.17) is 37.5 Å². The second-order valence-corrected chi connectivity index (χ2v) is 18.1. The maximum Gasteiger partial charge on any atom is 0.417 e. The lowest BCUT2D eigenvalue weighted by Gasteiger charge is -2.31. The number of para-hydroxylation sites is 1. The predicted molar refractivity (Wildman–Crippen MR) is 211 cm³/mol. The fourth-order valence-electron chi connectivity index (χ4n) is 6.46. The number of hydrogen-bond acceptors (Lipinski definition) is 14. The van der Waals surface area contributed by atoms with Gasteiger partial charge in [0.25, 0.3) is 0 Å². The predicted octanol–water partition coefficient (Wildman–Crippen LogP) is 5.38. The summed E-state index contributed by atoms with van der Waals surface area (Å²) >= 11 is 0. The topological polar surface area (TPSA) is 195 Å². The number of carbonyl (C=O) groups is 2. The normalized spacial score (nSPS) is 20.4. The van der Waals surface area contributed by atoms with Gasteiger partial charge in [-0.05, 0) is 86.7 Å². The monoisotopic (exact) mass is 848 g/mol. The van der Waals surface area contributed by atoms with Gasteiger partial charge in [0.05, 0.1) is 49.9 Å². The quantitative estimate of drug-likeness (QED) is 0.103. The molecule has 318 valence electrons. The van der Waals surface area contributed by atoms with Gasteiger partial charge < -0.3 is 43.4 Å². The van der Waals surface area contributed by atoms with E-state index in [0.29, 0.717) is 24.3 Å². The highest BCUT2D eigenvalue weighted by molar-refractivity contribution is 7.89. The molecule has 16 nitrogen and oxygen atoms in total. The molecule has 1 amide bonds. The molecule has 2 heterocycles. The standard InChI is InChI=1S/C40H53N2O14PS/c1-6-50-38(44)28(4)55-57(46,56-32-10-8-7-9-11-32)26-53-31-14-12-29(13-15-31)22-35(41-40(45)54-37-25-52-39-34(37)20-21-51-39)36(43)24-42(23-27(2)3)58(47,48)33-18-16-30(49-5)17-19-33/h7-19,27-28,34-37,39,43H,6,20-26H2,1-5H3,(H,41,45)/t28-,34+,35+,36-,37+,39-,57?/m1/s1. The number of amides is 1. The molecule has 3 aromatic carbocycles. The van der Waals surface area contributed by atoms with Crippen LogP contribution in [0.25, 0.3) is 0 Å². The maximum atomic E-state index is 13.9. The minimum absolute atomic E-state index is 0.0229. The van der Waals surface area contributed by atoms with E-state index in [1.54, 1.807) is 73.7 Å². The van der Waals surface area contributed by atoms with E-state index >= 15 is 0 Å². The van der Waals surface area contributed by atoms with Crippen LogP contribution in [0.5, 0.6) is 17.2 Å². The molecular weight excluding hydrogens is 795 g/mol. The molecule has 2 saturated heterocycles. The Morgan fingerprint density at radius 1 is 0.948 bits per heavy atom. The van der Waals surface area contributed by atoms with Gasteiger partial charge in [0, 0.05) is 13.1 Å². The molecular formula is C40H53N2O14PS. The average Bonchev–Trinajstić information content (AvgIpc) is 3.82. The van der Waals surface area contributed by atoms with Gasteiger partial charge in [-0.15, -0.1) is 0 Å². The van der Waals surface area contributed by atoms with Crippen molar-refractivity contribution in [2.24, 2.45) is 11.8 Å². The molecule has 7 atom stereocenters. The van der Waals surface area contributed by atoms with Crippen LogP contribution in [0.4, 0.5) is 4.79 Å². The zero-order chi connectivity index (χ0) is 41.9. The number of carbonyl (C=O) groups excluding carboxylic acids is 2. The van der Waals surface area contributed by atoms with Crippen molar-refractivity contribution in [2.75, 3.05) is 46.4 Å². The highest BCUT2D eigenvalue weighted by atomic mass is 32.2. The molecule has 0 saturated carbocycles. The number of nitrogens with one attached hydrogen (secondary N) is 1. The first-order chi connectivity index (χ1) is 27.7. The van der Waals surface area contributed by atoms with Crippen LogP contribution >= 0.6 is 7.60 Å². The third-order valence-electron chi connectivity index (χ3n) is 9.36. The molecule has 0 aliphatic carbocycles. The van der Waals surface area contributed by atoms with E-state index in [1.807, 2.05) is 13.8 Å². The second kappa shape index (κ2) is 20.7. The Balaban J connectivity index is 1.32. The third-order valence-corrected chi connectivity index (χ3v) is 12.8. The van der Waals surface area contributed by atoms with Crippen molar-refractivity contribution in [3.8, 4) is 17.2 Å². The molecule has 58 heavy (non-hydrogen) atoms. The number of aliphatic hydroxyl groups is 1. The number of ether oxygens (including phenoxy) is 6. The van der Waals surface area contributed by atoms with E-state index in [-0.39, 0.29) is 61.0 Å². The number of hydrogen-bond donors (Lipinski definition) is 2. The van der Waals surface area contributed by atoms with Crippen molar-refractivity contribution in [3.63, 3.8) is 0 Å². The van der Waals surface area contributed by atoms with Crippen LogP contribution in [0.1, 0.15) is 39.7 Å². The first kappa shape index (κ1) is 44.9. The number of rotatable bonds is 21. The van der Waals surface area contributed by atoms with Crippen LogP contribution in [0.15, 0.2) is 83.8 Å². The molecule has 0 radical (unpaired) electrons. The Kier molecular flexibility index (Phi) is 16.0. The molecule has 2 aliphatic heterocycles. The van der Waals surface area contributed by atoms with Gasteiger partial charge >= 0.3 is 19.7 Å². The van der Waals surface area contributed by atoms with Gasteiger partial charge in [0.15, 0.2) is 12.4 Å². The van der Waals surface area contributed by atoms with Crippen molar-refractivity contribution in [3.05, 3.63) is 84.4 Å². The molecule has 2 aliphatic rings. The summed E-state index contributed by atoms with van der Waals surface area (Å²) in [7, 11) is -6.68. The summed E-state index contributed by atoms with van der Waals surface area (Å²) < 4.78 is 87.1. The van der Waals surface area contributed by atoms with Crippen LogP contribution in [0.3, 0.4) is 0 Å². The number of esters is 1. The van der Waals surface area contributed by atoms with E-state index < -0.39 is 66.7 Å².